The van der Waals surface area contributed by atoms with Crippen molar-refractivity contribution in [2.24, 2.45) is 5.92 Å². The Morgan fingerprint density at radius 3 is 2.33 bits per heavy atom. The van der Waals surface area contributed by atoms with E-state index in [1.807, 2.05) is 13.8 Å². The van der Waals surface area contributed by atoms with Crippen molar-refractivity contribution in [1.29, 1.82) is 0 Å². The van der Waals surface area contributed by atoms with Crippen molar-refractivity contribution in [2.45, 2.75) is 26.3 Å². The summed E-state index contributed by atoms with van der Waals surface area (Å²) in [6.07, 6.45) is -4.82. The Morgan fingerprint density at radius 1 is 1.03 bits per heavy atom. The lowest BCUT2D eigenvalue weighted by atomic mass is 10.1. The third kappa shape index (κ3) is 7.38. The molecular weight excluding hydrogens is 480 g/mol. The number of nitrogens with one attached hydrogen (secondary N) is 2. The van der Waals surface area contributed by atoms with Crippen molar-refractivity contribution in [3.63, 3.8) is 0 Å². The van der Waals surface area contributed by atoms with Crippen molar-refractivity contribution in [2.75, 3.05) is 17.2 Å². The van der Waals surface area contributed by atoms with Crippen LogP contribution in [0.5, 0.6) is 5.75 Å². The summed E-state index contributed by atoms with van der Waals surface area (Å²) in [7, 11) is 0. The molecule has 3 aromatic rings. The van der Waals surface area contributed by atoms with Gasteiger partial charge in [0, 0.05) is 27.4 Å². The van der Waals surface area contributed by atoms with Gasteiger partial charge in [0.25, 0.3) is 0 Å². The quantitative estimate of drug-likeness (QED) is 0.326. The van der Waals surface area contributed by atoms with Crippen LogP contribution in [0, 0.1) is 5.92 Å². The van der Waals surface area contributed by atoms with E-state index in [-0.39, 0.29) is 30.3 Å². The number of aliphatic hydroxyl groups excluding tert-OH is 1. The lowest BCUT2D eigenvalue weighted by molar-refractivity contribution is -0.274. The first-order valence-electron chi connectivity index (χ1n) is 9.88. The first kappa shape index (κ1) is 24.9. The largest absolute Gasteiger partial charge is 0.573 e. The van der Waals surface area contributed by atoms with Crippen LogP contribution in [0.3, 0.4) is 0 Å². The maximum absolute atomic E-state index is 12.7. The number of hydrogen-bond acceptors (Lipinski definition) is 6. The molecule has 1 atom stereocenters. The smallest absolute Gasteiger partial charge is 0.406 e. The van der Waals surface area contributed by atoms with Crippen LogP contribution in [0.15, 0.2) is 48.5 Å². The van der Waals surface area contributed by atoms with E-state index in [0.29, 0.717) is 32.8 Å². The second kappa shape index (κ2) is 10.5. The van der Waals surface area contributed by atoms with Gasteiger partial charge in [0.15, 0.2) is 0 Å². The standard InChI is InChI=1S/C22H21Cl2F3N4O2/c1-12(2)19(11-32)30-21-29-18(13-4-3-5-17(6-13)33-22(25,26)27)10-20(31-21)28-16-8-14(23)7-15(24)9-16/h3-10,12,19,32H,11H2,1-2H3,(H2,28,29,30,31)/t19-/m1/s1. The molecule has 0 amide bonds. The summed E-state index contributed by atoms with van der Waals surface area (Å²) < 4.78 is 42.0. The Balaban J connectivity index is 2.02. The third-order valence-electron chi connectivity index (χ3n) is 4.54. The number of aromatic nitrogens is 2. The molecule has 0 aliphatic rings. The molecule has 33 heavy (non-hydrogen) atoms. The van der Waals surface area contributed by atoms with Gasteiger partial charge in [0.1, 0.15) is 11.6 Å². The predicted octanol–water partition coefficient (Wildman–Crippen LogP) is 6.52. The average Bonchev–Trinajstić information content (AvgIpc) is 2.70. The molecule has 1 aromatic heterocycles. The molecule has 2 aromatic carbocycles. The Labute approximate surface area is 198 Å². The van der Waals surface area contributed by atoms with Crippen LogP contribution < -0.4 is 15.4 Å². The molecule has 11 heteroatoms. The maximum atomic E-state index is 12.7. The lowest BCUT2D eigenvalue weighted by Crippen LogP contribution is -2.30. The van der Waals surface area contributed by atoms with E-state index in [0.717, 1.165) is 0 Å². The normalized spacial score (nSPS) is 12.5. The summed E-state index contributed by atoms with van der Waals surface area (Å²) in [5, 5.41) is 16.6. The second-order valence-electron chi connectivity index (χ2n) is 7.50. The van der Waals surface area contributed by atoms with Crippen LogP contribution in [0.25, 0.3) is 11.3 Å². The molecule has 0 bridgehead atoms. The van der Waals surface area contributed by atoms with Gasteiger partial charge < -0.3 is 20.5 Å². The summed E-state index contributed by atoms with van der Waals surface area (Å²) in [4.78, 5) is 8.85. The van der Waals surface area contributed by atoms with Crippen molar-refractivity contribution in [1.82, 2.24) is 9.97 Å². The van der Waals surface area contributed by atoms with Crippen LogP contribution in [-0.4, -0.2) is 34.1 Å². The number of aliphatic hydroxyl groups is 1. The van der Waals surface area contributed by atoms with Crippen LogP contribution in [0.1, 0.15) is 13.8 Å². The van der Waals surface area contributed by atoms with Crippen LogP contribution in [0.2, 0.25) is 10.0 Å². The Hall–Kier alpha value is -2.75. The van der Waals surface area contributed by atoms with Crippen LogP contribution in [0.4, 0.5) is 30.6 Å². The van der Waals surface area contributed by atoms with Crippen molar-refractivity contribution in [3.8, 4) is 17.0 Å². The van der Waals surface area contributed by atoms with Gasteiger partial charge in [0.2, 0.25) is 5.95 Å². The number of halogens is 5. The van der Waals surface area contributed by atoms with E-state index in [4.69, 9.17) is 23.2 Å². The van der Waals surface area contributed by atoms with Gasteiger partial charge in [-0.05, 0) is 36.2 Å². The minimum atomic E-state index is -4.82. The molecule has 3 N–H and O–H groups in total. The topological polar surface area (TPSA) is 79.3 Å². The SMILES string of the molecule is CC(C)[C@@H](CO)Nc1nc(Nc2cc(Cl)cc(Cl)c2)cc(-c2cccc(OC(F)(F)F)c2)n1. The number of rotatable bonds is 8. The van der Waals surface area contributed by atoms with Gasteiger partial charge in [-0.1, -0.05) is 49.2 Å². The molecule has 0 saturated carbocycles. The highest BCUT2D eigenvalue weighted by Crippen LogP contribution is 2.30. The Morgan fingerprint density at radius 2 is 1.73 bits per heavy atom. The zero-order valence-electron chi connectivity index (χ0n) is 17.6. The average molecular weight is 501 g/mol. The van der Waals surface area contributed by atoms with Crippen molar-refractivity contribution in [3.05, 3.63) is 58.6 Å². The molecule has 176 valence electrons. The van der Waals surface area contributed by atoms with Gasteiger partial charge in [-0.2, -0.15) is 4.98 Å². The maximum Gasteiger partial charge on any atom is 0.573 e. The van der Waals surface area contributed by atoms with Gasteiger partial charge >= 0.3 is 6.36 Å². The lowest BCUT2D eigenvalue weighted by Gasteiger charge is -2.21. The first-order chi connectivity index (χ1) is 15.5. The van der Waals surface area contributed by atoms with E-state index in [1.54, 1.807) is 30.3 Å². The molecule has 3 rings (SSSR count). The number of ether oxygens (including phenoxy) is 1. The fraction of sp³-hybridized carbons (Fsp3) is 0.273. The van der Waals surface area contributed by atoms with Gasteiger partial charge in [-0.3, -0.25) is 0 Å². The van der Waals surface area contributed by atoms with E-state index in [2.05, 4.69) is 25.3 Å². The molecule has 0 unspecified atom stereocenters. The molecule has 0 fully saturated rings. The summed E-state index contributed by atoms with van der Waals surface area (Å²) >= 11 is 12.1. The summed E-state index contributed by atoms with van der Waals surface area (Å²) in [5.41, 5.74) is 1.26. The third-order valence-corrected chi connectivity index (χ3v) is 4.98. The Kier molecular flexibility index (Phi) is 7.88. The molecule has 0 aliphatic heterocycles. The Bertz CT molecular complexity index is 1090. The van der Waals surface area contributed by atoms with E-state index in [1.165, 1.54) is 18.2 Å². The molecule has 0 radical (unpaired) electrons. The van der Waals surface area contributed by atoms with E-state index >= 15 is 0 Å². The predicted molar refractivity (Wildman–Crippen MR) is 123 cm³/mol. The van der Waals surface area contributed by atoms with Crippen LogP contribution in [-0.2, 0) is 0 Å². The van der Waals surface area contributed by atoms with Gasteiger partial charge in [-0.25, -0.2) is 4.98 Å². The zero-order chi connectivity index (χ0) is 24.2. The number of alkyl halides is 3. The van der Waals surface area contributed by atoms with Crippen molar-refractivity contribution >= 4 is 40.7 Å². The number of nitrogens with zero attached hydrogens (tertiary/aromatic N) is 2. The summed E-state index contributed by atoms with van der Waals surface area (Å²) in [6, 6.07) is 11.5. The molecule has 0 saturated heterocycles. The molecule has 6 nitrogen and oxygen atoms in total. The zero-order valence-corrected chi connectivity index (χ0v) is 19.1. The molecule has 0 aliphatic carbocycles. The number of benzene rings is 2. The molecule has 0 spiro atoms. The highest BCUT2D eigenvalue weighted by atomic mass is 35.5. The second-order valence-corrected chi connectivity index (χ2v) is 8.37. The van der Waals surface area contributed by atoms with Crippen molar-refractivity contribution < 1.29 is 23.0 Å². The van der Waals surface area contributed by atoms with E-state index in [9.17, 15) is 18.3 Å². The summed E-state index contributed by atoms with van der Waals surface area (Å²) in [6.45, 7) is 3.68. The number of anilines is 3. The minimum absolute atomic E-state index is 0.0638. The molecule has 1 heterocycles. The molecular formula is C22H21Cl2F3N4O2. The number of hydrogen-bond donors (Lipinski definition) is 3. The highest BCUT2D eigenvalue weighted by Gasteiger charge is 2.31. The minimum Gasteiger partial charge on any atom is -0.406 e. The first-order valence-corrected chi connectivity index (χ1v) is 10.6. The monoisotopic (exact) mass is 500 g/mol. The van der Waals surface area contributed by atoms with Gasteiger partial charge in [0.05, 0.1) is 18.3 Å². The fourth-order valence-electron chi connectivity index (χ4n) is 2.94. The highest BCUT2D eigenvalue weighted by molar-refractivity contribution is 6.35. The van der Waals surface area contributed by atoms with Gasteiger partial charge in [-0.15, -0.1) is 13.2 Å². The summed E-state index contributed by atoms with van der Waals surface area (Å²) in [5.74, 6) is 0.204. The van der Waals surface area contributed by atoms with E-state index < -0.39 is 6.36 Å². The fourth-order valence-corrected chi connectivity index (χ4v) is 3.47. The van der Waals surface area contributed by atoms with Crippen LogP contribution >= 0.6 is 23.2 Å².